The molecule has 1 aliphatic heterocycles. The number of hydrogen-bond acceptors (Lipinski definition) is 1. The molecule has 0 unspecified atom stereocenters. The van der Waals surface area contributed by atoms with Crippen LogP contribution in [0.5, 0.6) is 0 Å². The number of fused-ring (bicyclic) bond motifs is 1. The lowest BCUT2D eigenvalue weighted by molar-refractivity contribution is -0.519. The van der Waals surface area contributed by atoms with E-state index in [-0.39, 0.29) is 10.8 Å². The first kappa shape index (κ1) is 27.2. The Kier molecular flexibility index (Phi) is 7.99. The zero-order valence-corrected chi connectivity index (χ0v) is 24.7. The molecule has 2 aromatic carbocycles. The summed E-state index contributed by atoms with van der Waals surface area (Å²) in [4.78, 5) is 2.62. The van der Waals surface area contributed by atoms with Gasteiger partial charge < -0.3 is 0 Å². The van der Waals surface area contributed by atoms with Gasteiger partial charge in [0, 0.05) is 22.0 Å². The van der Waals surface area contributed by atoms with Crippen molar-refractivity contribution in [3.63, 3.8) is 0 Å². The predicted octanol–water partition coefficient (Wildman–Crippen LogP) is 9.36. The first-order valence-corrected chi connectivity index (χ1v) is 14.4. The molecule has 0 aromatic heterocycles. The van der Waals surface area contributed by atoms with Gasteiger partial charge in [-0.25, -0.2) is 4.58 Å². The van der Waals surface area contributed by atoms with E-state index in [1.54, 1.807) is 0 Å². The van der Waals surface area contributed by atoms with Gasteiger partial charge in [-0.3, -0.25) is 0 Å². The first-order chi connectivity index (χ1) is 17.5. The second kappa shape index (κ2) is 10.9. The monoisotopic (exact) mass is 508 g/mol. The van der Waals surface area contributed by atoms with Gasteiger partial charge in [-0.2, -0.15) is 0 Å². The summed E-state index contributed by atoms with van der Waals surface area (Å²) >= 11 is 1.88. The van der Waals surface area contributed by atoms with Crippen molar-refractivity contribution in [3.8, 4) is 0 Å². The Morgan fingerprint density at radius 3 is 1.89 bits per heavy atom. The van der Waals surface area contributed by atoms with E-state index in [0.29, 0.717) is 0 Å². The molecule has 4 rings (SSSR count). The number of rotatable bonds is 4. The van der Waals surface area contributed by atoms with Gasteiger partial charge in [0.25, 0.3) is 0 Å². The van der Waals surface area contributed by atoms with Crippen LogP contribution in [0.1, 0.15) is 77.6 Å². The molecule has 0 fully saturated rings. The maximum Gasteiger partial charge on any atom is 0.199 e. The summed E-state index contributed by atoms with van der Waals surface area (Å²) < 4.78 is 2.38. The fourth-order valence-electron chi connectivity index (χ4n) is 4.66. The first-order valence-electron chi connectivity index (χ1n) is 13.5. The summed E-state index contributed by atoms with van der Waals surface area (Å²) in [5, 5.41) is 0. The number of benzene rings is 2. The van der Waals surface area contributed by atoms with Crippen LogP contribution < -0.4 is 0 Å². The van der Waals surface area contributed by atoms with Crippen LogP contribution in [-0.4, -0.2) is 23.4 Å². The third-order valence-corrected chi connectivity index (χ3v) is 8.32. The van der Waals surface area contributed by atoms with Crippen LogP contribution in [0.3, 0.4) is 0 Å². The van der Waals surface area contributed by atoms with Crippen molar-refractivity contribution < 1.29 is 4.58 Å². The molecule has 0 N–H and O–H groups in total. The van der Waals surface area contributed by atoms with E-state index in [2.05, 4.69) is 145 Å². The molecule has 2 aromatic rings. The number of hydrogen-bond donors (Lipinski definition) is 0. The molecule has 192 valence electrons. The second-order valence-corrected chi connectivity index (χ2v) is 13.0. The lowest BCUT2D eigenvalue weighted by Gasteiger charge is -2.25. The van der Waals surface area contributed by atoms with Crippen LogP contribution >= 0.6 is 11.8 Å². The molecule has 0 radical (unpaired) electrons. The van der Waals surface area contributed by atoms with Crippen molar-refractivity contribution in [1.82, 2.24) is 0 Å². The van der Waals surface area contributed by atoms with Gasteiger partial charge in [-0.1, -0.05) is 95.8 Å². The third kappa shape index (κ3) is 6.36. The van der Waals surface area contributed by atoms with Gasteiger partial charge in [0.05, 0.1) is 0 Å². The van der Waals surface area contributed by atoms with Gasteiger partial charge >= 0.3 is 0 Å². The third-order valence-electron chi connectivity index (χ3n) is 7.18. The summed E-state index contributed by atoms with van der Waals surface area (Å²) in [5.41, 5.74) is 9.37. The van der Waals surface area contributed by atoms with Crippen molar-refractivity contribution in [2.75, 3.05) is 13.1 Å². The standard InChI is InChI=1S/C35H42NS/c1-9-36(10-2)30-20-12-25(13-21-30)11-14-27-23-33(26-15-17-28(18-16-26)34(3,4)5)37-32-22-19-29(24-31(27)32)35(6,7)8/h11-24H,9-10H2,1-8H3/q+1/b27-14-. The van der Waals surface area contributed by atoms with E-state index < -0.39 is 0 Å². The van der Waals surface area contributed by atoms with Gasteiger partial charge in [0.2, 0.25) is 0 Å². The quantitative estimate of drug-likeness (QED) is 0.372. The van der Waals surface area contributed by atoms with Crippen molar-refractivity contribution >= 4 is 28.0 Å². The molecule has 1 heterocycles. The van der Waals surface area contributed by atoms with Gasteiger partial charge in [-0.05, 0) is 88.4 Å². The van der Waals surface area contributed by atoms with E-state index in [0.717, 1.165) is 13.1 Å². The van der Waals surface area contributed by atoms with Gasteiger partial charge in [0.15, 0.2) is 5.71 Å². The second-order valence-electron chi connectivity index (χ2n) is 12.0. The lowest BCUT2D eigenvalue weighted by Crippen LogP contribution is -2.18. The van der Waals surface area contributed by atoms with E-state index in [1.165, 1.54) is 48.9 Å². The molecule has 0 bridgehead atoms. The van der Waals surface area contributed by atoms with Crippen molar-refractivity contribution in [2.24, 2.45) is 0 Å². The van der Waals surface area contributed by atoms with Crippen LogP contribution in [0.2, 0.25) is 0 Å². The predicted molar refractivity (Wildman–Crippen MR) is 165 cm³/mol. The topological polar surface area (TPSA) is 3.01 Å². The normalized spacial score (nSPS) is 16.6. The maximum absolute atomic E-state index is 2.39. The highest BCUT2D eigenvalue weighted by Crippen LogP contribution is 2.46. The number of thioether (sulfide) groups is 1. The Hall–Kier alpha value is -2.84. The minimum Gasteiger partial charge on any atom is -0.231 e. The highest BCUT2D eigenvalue weighted by atomic mass is 32.2. The SMILES string of the molecule is CC[N+](CC)=C1C=CC(=C/C=C2/C=C(c3ccc(C(C)(C)C)cc3)Sc3ccc(C(C)(C)C)cc32)C=C1. The number of allylic oxidation sites excluding steroid dienone is 9. The molecule has 37 heavy (non-hydrogen) atoms. The molecule has 0 amide bonds. The highest BCUT2D eigenvalue weighted by molar-refractivity contribution is 8.08. The summed E-state index contributed by atoms with van der Waals surface area (Å²) in [6, 6.07) is 16.1. The summed E-state index contributed by atoms with van der Waals surface area (Å²) in [6.45, 7) is 20.1. The Morgan fingerprint density at radius 1 is 0.730 bits per heavy atom. The van der Waals surface area contributed by atoms with E-state index >= 15 is 0 Å². The molecule has 0 spiro atoms. The largest absolute Gasteiger partial charge is 0.231 e. The van der Waals surface area contributed by atoms with Crippen LogP contribution in [-0.2, 0) is 10.8 Å². The molecule has 1 nitrogen and oxygen atoms in total. The summed E-state index contributed by atoms with van der Waals surface area (Å²) in [7, 11) is 0. The molecule has 0 saturated heterocycles. The minimum absolute atomic E-state index is 0.113. The van der Waals surface area contributed by atoms with Crippen LogP contribution in [0.15, 0.2) is 95.5 Å². The minimum atomic E-state index is 0.113. The number of nitrogens with zero attached hydrogens (tertiary/aromatic N) is 1. The summed E-state index contributed by atoms with van der Waals surface area (Å²) in [5.74, 6) is 0. The Balaban J connectivity index is 1.75. The van der Waals surface area contributed by atoms with Crippen LogP contribution in [0, 0.1) is 0 Å². The molecule has 1 aliphatic carbocycles. The van der Waals surface area contributed by atoms with E-state index in [9.17, 15) is 0 Å². The van der Waals surface area contributed by atoms with Crippen LogP contribution in [0.4, 0.5) is 0 Å². The lowest BCUT2D eigenvalue weighted by atomic mass is 9.85. The Labute approximate surface area is 229 Å². The zero-order chi connectivity index (χ0) is 26.8. The summed E-state index contributed by atoms with van der Waals surface area (Å²) in [6.07, 6.45) is 15.8. The molecular weight excluding hydrogens is 466 g/mol. The van der Waals surface area contributed by atoms with Gasteiger partial charge in [0.1, 0.15) is 13.1 Å². The van der Waals surface area contributed by atoms with Crippen molar-refractivity contribution in [3.05, 3.63) is 113 Å². The smallest absolute Gasteiger partial charge is 0.199 e. The maximum atomic E-state index is 2.39. The Bertz CT molecular complexity index is 1320. The average molecular weight is 509 g/mol. The van der Waals surface area contributed by atoms with Gasteiger partial charge in [-0.15, -0.1) is 0 Å². The zero-order valence-electron chi connectivity index (χ0n) is 23.9. The molecule has 0 atom stereocenters. The average Bonchev–Trinajstić information content (AvgIpc) is 2.87. The fourth-order valence-corrected chi connectivity index (χ4v) is 5.76. The van der Waals surface area contributed by atoms with Crippen LogP contribution in [0.25, 0.3) is 10.5 Å². The van der Waals surface area contributed by atoms with E-state index in [1.807, 2.05) is 11.8 Å². The molecule has 0 saturated carbocycles. The highest BCUT2D eigenvalue weighted by Gasteiger charge is 2.22. The fraction of sp³-hybridized carbons (Fsp3) is 0.343. The Morgan fingerprint density at radius 2 is 1.32 bits per heavy atom. The molecule has 2 heteroatoms. The van der Waals surface area contributed by atoms with Crippen molar-refractivity contribution in [2.45, 2.75) is 71.1 Å². The molecule has 2 aliphatic rings. The van der Waals surface area contributed by atoms with E-state index in [4.69, 9.17) is 0 Å². The van der Waals surface area contributed by atoms with Crippen molar-refractivity contribution in [1.29, 1.82) is 0 Å². The molecular formula is C35H42NS+.